The summed E-state index contributed by atoms with van der Waals surface area (Å²) in [5, 5.41) is 3.40. The number of carbonyl (C=O) groups is 2. The van der Waals surface area contributed by atoms with E-state index in [1.807, 2.05) is 46.8 Å². The third-order valence-electron chi connectivity index (χ3n) is 6.37. The Morgan fingerprint density at radius 3 is 2.03 bits per heavy atom. The highest BCUT2D eigenvalue weighted by Crippen LogP contribution is 2.28. The number of benzene rings is 3. The third kappa shape index (κ3) is 7.61. The van der Waals surface area contributed by atoms with Crippen LogP contribution in [0.5, 0.6) is 0 Å². The van der Waals surface area contributed by atoms with Gasteiger partial charge in [-0.15, -0.1) is 0 Å². The van der Waals surface area contributed by atoms with Crippen molar-refractivity contribution >= 4 is 39.1 Å². The van der Waals surface area contributed by atoms with Gasteiger partial charge in [0.25, 0.3) is 10.0 Å². The normalized spacial score (nSPS) is 12.2. The van der Waals surface area contributed by atoms with E-state index in [0.29, 0.717) is 16.3 Å². The van der Waals surface area contributed by atoms with Gasteiger partial charge in [0.1, 0.15) is 12.6 Å². The van der Waals surface area contributed by atoms with Gasteiger partial charge in [-0.25, -0.2) is 8.42 Å². The fraction of sp³-hybridized carbons (Fsp3) is 0.333. The lowest BCUT2D eigenvalue weighted by molar-refractivity contribution is -0.139. The first-order valence-corrected chi connectivity index (χ1v) is 14.6. The molecule has 0 aliphatic carbocycles. The average molecular weight is 570 g/mol. The largest absolute Gasteiger partial charge is 0.352 e. The smallest absolute Gasteiger partial charge is 0.264 e. The molecule has 0 bridgehead atoms. The predicted molar refractivity (Wildman–Crippen MR) is 156 cm³/mol. The molecule has 1 atom stereocenters. The quantitative estimate of drug-likeness (QED) is 0.354. The van der Waals surface area contributed by atoms with Crippen LogP contribution in [0.15, 0.2) is 71.6 Å². The first-order valence-electron chi connectivity index (χ1n) is 12.8. The standard InChI is InChI=1S/C30H36ClN3O4S/c1-20(2)32-30(36)24(6)33(18-25-10-12-26(31)13-11-25)29(35)19-34(28-16-9-22(4)17-23(28)5)39(37,38)27-14-7-21(3)8-15-27/h7-17,20,24H,18-19H2,1-6H3,(H,32,36). The predicted octanol–water partition coefficient (Wildman–Crippen LogP) is 5.40. The minimum Gasteiger partial charge on any atom is -0.352 e. The lowest BCUT2D eigenvalue weighted by Gasteiger charge is -2.32. The summed E-state index contributed by atoms with van der Waals surface area (Å²) in [5.74, 6) is -0.834. The van der Waals surface area contributed by atoms with E-state index in [4.69, 9.17) is 11.6 Å². The van der Waals surface area contributed by atoms with Crippen LogP contribution in [0, 0.1) is 20.8 Å². The lowest BCUT2D eigenvalue weighted by Crippen LogP contribution is -2.52. The first-order chi connectivity index (χ1) is 18.3. The second-order valence-corrected chi connectivity index (χ2v) is 12.4. The van der Waals surface area contributed by atoms with Gasteiger partial charge in [-0.2, -0.15) is 0 Å². The van der Waals surface area contributed by atoms with Crippen molar-refractivity contribution in [1.29, 1.82) is 0 Å². The summed E-state index contributed by atoms with van der Waals surface area (Å²) in [4.78, 5) is 28.4. The summed E-state index contributed by atoms with van der Waals surface area (Å²) in [5.41, 5.74) is 3.77. The fourth-order valence-electron chi connectivity index (χ4n) is 4.21. The van der Waals surface area contributed by atoms with Gasteiger partial charge in [0.05, 0.1) is 10.6 Å². The Morgan fingerprint density at radius 2 is 1.46 bits per heavy atom. The molecule has 0 saturated heterocycles. The number of nitrogens with one attached hydrogen (secondary N) is 1. The van der Waals surface area contributed by atoms with E-state index in [0.717, 1.165) is 21.0 Å². The Kier molecular flexibility index (Phi) is 9.80. The zero-order valence-electron chi connectivity index (χ0n) is 23.2. The van der Waals surface area contributed by atoms with Gasteiger partial charge in [-0.05, 0) is 83.0 Å². The highest BCUT2D eigenvalue weighted by atomic mass is 35.5. The SMILES string of the molecule is Cc1ccc(S(=O)(=O)N(CC(=O)N(Cc2ccc(Cl)cc2)C(C)C(=O)NC(C)C)c2ccc(C)cc2C)cc1. The van der Waals surface area contributed by atoms with E-state index >= 15 is 0 Å². The van der Waals surface area contributed by atoms with Crippen LogP contribution >= 0.6 is 11.6 Å². The summed E-state index contributed by atoms with van der Waals surface area (Å²) in [7, 11) is -4.11. The number of aryl methyl sites for hydroxylation is 3. The lowest BCUT2D eigenvalue weighted by atomic mass is 10.1. The van der Waals surface area contributed by atoms with Gasteiger partial charge in [0.15, 0.2) is 0 Å². The number of hydrogen-bond donors (Lipinski definition) is 1. The molecule has 0 aliphatic rings. The summed E-state index contributed by atoms with van der Waals surface area (Å²) in [6, 6.07) is 17.9. The first kappa shape index (κ1) is 30.2. The minimum atomic E-state index is -4.11. The molecule has 1 N–H and O–H groups in total. The maximum absolute atomic E-state index is 14.0. The third-order valence-corrected chi connectivity index (χ3v) is 8.40. The van der Waals surface area contributed by atoms with Crippen LogP contribution in [0.3, 0.4) is 0 Å². The number of hydrogen-bond acceptors (Lipinski definition) is 4. The van der Waals surface area contributed by atoms with Crippen molar-refractivity contribution in [3.05, 3.63) is 94.0 Å². The van der Waals surface area contributed by atoms with Crippen LogP contribution in [0.4, 0.5) is 5.69 Å². The molecule has 7 nitrogen and oxygen atoms in total. The van der Waals surface area contributed by atoms with E-state index < -0.39 is 28.5 Å². The number of sulfonamides is 1. The van der Waals surface area contributed by atoms with E-state index in [1.54, 1.807) is 49.4 Å². The topological polar surface area (TPSA) is 86.8 Å². The monoisotopic (exact) mass is 569 g/mol. The molecule has 0 saturated carbocycles. The minimum absolute atomic E-state index is 0.0794. The van der Waals surface area contributed by atoms with Crippen LogP contribution in [0.25, 0.3) is 0 Å². The Balaban J connectivity index is 2.06. The van der Waals surface area contributed by atoms with E-state index in [-0.39, 0.29) is 23.4 Å². The van der Waals surface area contributed by atoms with Crippen LogP contribution < -0.4 is 9.62 Å². The molecule has 3 rings (SSSR count). The van der Waals surface area contributed by atoms with E-state index in [1.165, 1.54) is 17.0 Å². The van der Waals surface area contributed by atoms with Crippen LogP contribution in [-0.2, 0) is 26.2 Å². The summed E-state index contributed by atoms with van der Waals surface area (Å²) in [6.07, 6.45) is 0. The number of carbonyl (C=O) groups excluding carboxylic acids is 2. The highest BCUT2D eigenvalue weighted by Gasteiger charge is 2.33. The van der Waals surface area contributed by atoms with Gasteiger partial charge in [0, 0.05) is 17.6 Å². The molecule has 0 aromatic heterocycles. The second-order valence-electron chi connectivity index (χ2n) is 10.1. The fourth-order valence-corrected chi connectivity index (χ4v) is 5.81. The van der Waals surface area contributed by atoms with Crippen LogP contribution in [0.2, 0.25) is 5.02 Å². The second kappa shape index (κ2) is 12.7. The molecule has 9 heteroatoms. The van der Waals surface area contributed by atoms with Crippen LogP contribution in [-0.4, -0.2) is 43.8 Å². The molecule has 0 spiro atoms. The molecular weight excluding hydrogens is 534 g/mol. The molecule has 1 unspecified atom stereocenters. The van der Waals surface area contributed by atoms with Gasteiger partial charge in [-0.3, -0.25) is 13.9 Å². The highest BCUT2D eigenvalue weighted by molar-refractivity contribution is 7.92. The Hall–Kier alpha value is -3.36. The molecule has 3 aromatic rings. The number of halogens is 1. The van der Waals surface area contributed by atoms with Crippen molar-refractivity contribution in [2.75, 3.05) is 10.8 Å². The molecule has 208 valence electrons. The maximum atomic E-state index is 14.0. The molecule has 0 aliphatic heterocycles. The summed E-state index contributed by atoms with van der Waals surface area (Å²) >= 11 is 6.04. The molecule has 0 heterocycles. The van der Waals surface area contributed by atoms with Crippen molar-refractivity contribution in [3.63, 3.8) is 0 Å². The Morgan fingerprint density at radius 1 is 0.872 bits per heavy atom. The molecule has 0 fully saturated rings. The zero-order chi connectivity index (χ0) is 28.9. The van der Waals surface area contributed by atoms with Crippen LogP contribution in [0.1, 0.15) is 43.0 Å². The Bertz CT molecular complexity index is 1420. The van der Waals surface area contributed by atoms with E-state index in [9.17, 15) is 18.0 Å². The van der Waals surface area contributed by atoms with Crippen molar-refractivity contribution in [3.8, 4) is 0 Å². The van der Waals surface area contributed by atoms with Crippen molar-refractivity contribution in [2.45, 2.75) is 65.1 Å². The summed E-state index contributed by atoms with van der Waals surface area (Å²) in [6.45, 7) is 10.6. The average Bonchev–Trinajstić information content (AvgIpc) is 2.86. The van der Waals surface area contributed by atoms with Crippen molar-refractivity contribution in [2.24, 2.45) is 0 Å². The van der Waals surface area contributed by atoms with Gasteiger partial charge in [0.2, 0.25) is 11.8 Å². The number of anilines is 1. The molecule has 39 heavy (non-hydrogen) atoms. The molecule has 2 amide bonds. The molecule has 0 radical (unpaired) electrons. The van der Waals surface area contributed by atoms with Gasteiger partial charge in [-0.1, -0.05) is 59.1 Å². The van der Waals surface area contributed by atoms with E-state index in [2.05, 4.69) is 5.32 Å². The molecular formula is C30H36ClN3O4S. The van der Waals surface area contributed by atoms with Crippen molar-refractivity contribution in [1.82, 2.24) is 10.2 Å². The maximum Gasteiger partial charge on any atom is 0.264 e. The van der Waals surface area contributed by atoms with Crippen molar-refractivity contribution < 1.29 is 18.0 Å². The Labute approximate surface area is 236 Å². The van der Waals surface area contributed by atoms with Gasteiger partial charge >= 0.3 is 0 Å². The number of nitrogens with zero attached hydrogens (tertiary/aromatic N) is 2. The number of rotatable bonds is 10. The summed E-state index contributed by atoms with van der Waals surface area (Å²) < 4.78 is 29.0. The zero-order valence-corrected chi connectivity index (χ0v) is 24.8. The number of amides is 2. The molecule has 3 aromatic carbocycles. The van der Waals surface area contributed by atoms with Gasteiger partial charge < -0.3 is 10.2 Å².